The molecule has 2 N–H and O–H groups in total. The molecule has 0 radical (unpaired) electrons. The van der Waals surface area contributed by atoms with Gasteiger partial charge in [0.25, 0.3) is 0 Å². The molecule has 0 aromatic carbocycles. The van der Waals surface area contributed by atoms with Crippen molar-refractivity contribution in [2.45, 2.75) is 45.3 Å². The van der Waals surface area contributed by atoms with Crippen LogP contribution in [0.1, 0.15) is 33.6 Å². The highest BCUT2D eigenvalue weighted by Gasteiger charge is 2.50. The van der Waals surface area contributed by atoms with Crippen LogP contribution in [0.3, 0.4) is 0 Å². The first kappa shape index (κ1) is 11.5. The molecule has 4 heteroatoms. The first-order chi connectivity index (χ1) is 6.25. The molecule has 0 bridgehead atoms. The zero-order valence-electron chi connectivity index (χ0n) is 8.91. The maximum atomic E-state index is 11.0. The highest BCUT2D eigenvalue weighted by atomic mass is 16.5. The summed E-state index contributed by atoms with van der Waals surface area (Å²) in [7, 11) is 0. The Balaban J connectivity index is 2.51. The molecule has 1 aliphatic carbocycles. The minimum absolute atomic E-state index is 0.183. The van der Waals surface area contributed by atoms with E-state index in [0.717, 1.165) is 0 Å². The zero-order valence-corrected chi connectivity index (χ0v) is 8.91. The average molecular weight is 202 g/mol. The largest absolute Gasteiger partial charge is 0.481 e. The molecule has 1 rings (SSSR count). The van der Waals surface area contributed by atoms with Crippen LogP contribution in [-0.2, 0) is 9.53 Å². The Morgan fingerprint density at radius 2 is 2.00 bits per heavy atom. The Morgan fingerprint density at radius 1 is 1.50 bits per heavy atom. The second-order valence-corrected chi connectivity index (χ2v) is 5.05. The average Bonchev–Trinajstić information content (AvgIpc) is 1.93. The van der Waals surface area contributed by atoms with Crippen LogP contribution in [0.15, 0.2) is 0 Å². The highest BCUT2D eigenvalue weighted by Crippen LogP contribution is 2.42. The molecule has 0 amide bonds. The fourth-order valence-corrected chi connectivity index (χ4v) is 1.55. The second kappa shape index (κ2) is 3.51. The number of aliphatic hydroxyl groups excluding tert-OH is 1. The van der Waals surface area contributed by atoms with Crippen molar-refractivity contribution < 1.29 is 19.7 Å². The van der Waals surface area contributed by atoms with Crippen LogP contribution in [0.5, 0.6) is 0 Å². The van der Waals surface area contributed by atoms with Gasteiger partial charge < -0.3 is 14.9 Å². The highest BCUT2D eigenvalue weighted by molar-refractivity contribution is 5.76. The van der Waals surface area contributed by atoms with Crippen LogP contribution >= 0.6 is 0 Å². The summed E-state index contributed by atoms with van der Waals surface area (Å²) in [5, 5.41) is 18.2. The van der Waals surface area contributed by atoms with E-state index in [9.17, 15) is 4.79 Å². The van der Waals surface area contributed by atoms with Crippen LogP contribution < -0.4 is 0 Å². The van der Waals surface area contributed by atoms with Crippen LogP contribution in [0.2, 0.25) is 0 Å². The predicted octanol–water partition coefficient (Wildman–Crippen LogP) is 1.03. The fraction of sp³-hybridized carbons (Fsp3) is 0.900. The molecule has 0 heterocycles. The quantitative estimate of drug-likeness (QED) is 0.717. The lowest BCUT2D eigenvalue weighted by molar-refractivity contribution is -0.177. The normalized spacial score (nSPS) is 32.4. The van der Waals surface area contributed by atoms with Crippen molar-refractivity contribution in [3.05, 3.63) is 0 Å². The lowest BCUT2D eigenvalue weighted by Crippen LogP contribution is -2.51. The van der Waals surface area contributed by atoms with Crippen LogP contribution in [-0.4, -0.2) is 34.5 Å². The molecule has 4 nitrogen and oxygen atoms in total. The summed E-state index contributed by atoms with van der Waals surface area (Å²) in [5.74, 6) is -0.868. The van der Waals surface area contributed by atoms with Gasteiger partial charge in [-0.1, -0.05) is 0 Å². The molecule has 14 heavy (non-hydrogen) atoms. The molecular weight excluding hydrogens is 184 g/mol. The number of hydrogen-bond acceptors (Lipinski definition) is 3. The number of ether oxygens (including phenoxy) is 1. The molecule has 0 spiro atoms. The Kier molecular flexibility index (Phi) is 2.88. The number of aliphatic carboxylic acids is 1. The summed E-state index contributed by atoms with van der Waals surface area (Å²) in [6, 6.07) is 0. The topological polar surface area (TPSA) is 66.8 Å². The molecule has 0 aromatic rings. The van der Waals surface area contributed by atoms with Gasteiger partial charge in [0.2, 0.25) is 0 Å². The fourth-order valence-electron chi connectivity index (χ4n) is 1.55. The van der Waals surface area contributed by atoms with Gasteiger partial charge >= 0.3 is 5.97 Å². The monoisotopic (exact) mass is 202 g/mol. The standard InChI is InChI=1S/C10H18O4/c1-9(2,3)14-6-10(8(12)13)4-7(11)5-10/h7,11H,4-6H2,1-3H3,(H,12,13). The summed E-state index contributed by atoms with van der Waals surface area (Å²) in [6.07, 6.45) is 0.131. The van der Waals surface area contributed by atoms with E-state index in [1.165, 1.54) is 0 Å². The van der Waals surface area contributed by atoms with E-state index in [1.54, 1.807) is 0 Å². The molecule has 0 atom stereocenters. The maximum Gasteiger partial charge on any atom is 0.312 e. The molecule has 0 unspecified atom stereocenters. The van der Waals surface area contributed by atoms with E-state index in [2.05, 4.69) is 0 Å². The predicted molar refractivity (Wildman–Crippen MR) is 51.0 cm³/mol. The lowest BCUT2D eigenvalue weighted by Gasteiger charge is -2.42. The van der Waals surface area contributed by atoms with E-state index >= 15 is 0 Å². The first-order valence-electron chi connectivity index (χ1n) is 4.81. The number of carboxylic acid groups (broad SMARTS) is 1. The summed E-state index contributed by atoms with van der Waals surface area (Å²) in [5.41, 5.74) is -1.18. The first-order valence-corrected chi connectivity index (χ1v) is 4.81. The van der Waals surface area contributed by atoms with Gasteiger partial charge in [-0.25, -0.2) is 0 Å². The number of carbonyl (C=O) groups is 1. The van der Waals surface area contributed by atoms with Gasteiger partial charge in [0.1, 0.15) is 0 Å². The maximum absolute atomic E-state index is 11.0. The number of hydrogen-bond donors (Lipinski definition) is 2. The Labute approximate surface area is 83.9 Å². The Morgan fingerprint density at radius 3 is 2.29 bits per heavy atom. The molecule has 0 aliphatic heterocycles. The number of aliphatic hydroxyl groups is 1. The lowest BCUT2D eigenvalue weighted by atomic mass is 9.67. The van der Waals surface area contributed by atoms with Gasteiger partial charge in [-0.2, -0.15) is 0 Å². The second-order valence-electron chi connectivity index (χ2n) is 5.05. The van der Waals surface area contributed by atoms with Crippen LogP contribution in [0.25, 0.3) is 0 Å². The van der Waals surface area contributed by atoms with Gasteiger partial charge in [0.05, 0.1) is 23.7 Å². The van der Waals surface area contributed by atoms with Gasteiger partial charge in [0, 0.05) is 0 Å². The van der Waals surface area contributed by atoms with Crippen LogP contribution in [0.4, 0.5) is 0 Å². The van der Waals surface area contributed by atoms with Gasteiger partial charge in [-0.3, -0.25) is 4.79 Å². The van der Waals surface area contributed by atoms with E-state index in [-0.39, 0.29) is 12.2 Å². The van der Waals surface area contributed by atoms with Gasteiger partial charge in [-0.05, 0) is 33.6 Å². The third-order valence-electron chi connectivity index (χ3n) is 2.49. The summed E-state index contributed by atoms with van der Waals surface area (Å²) in [4.78, 5) is 11.0. The summed E-state index contributed by atoms with van der Waals surface area (Å²) in [6.45, 7) is 5.84. The summed E-state index contributed by atoms with van der Waals surface area (Å²) < 4.78 is 5.45. The molecular formula is C10H18O4. The van der Waals surface area contributed by atoms with Crippen molar-refractivity contribution in [3.8, 4) is 0 Å². The smallest absolute Gasteiger partial charge is 0.312 e. The van der Waals surface area contributed by atoms with Crippen molar-refractivity contribution in [1.82, 2.24) is 0 Å². The molecule has 0 saturated heterocycles. The number of carboxylic acids is 1. The summed E-state index contributed by atoms with van der Waals surface area (Å²) >= 11 is 0. The van der Waals surface area contributed by atoms with E-state index in [0.29, 0.717) is 12.8 Å². The van der Waals surface area contributed by atoms with Crippen molar-refractivity contribution in [1.29, 1.82) is 0 Å². The SMILES string of the molecule is CC(C)(C)OCC1(C(=O)O)CC(O)C1. The van der Waals surface area contributed by atoms with Crippen molar-refractivity contribution in [2.24, 2.45) is 5.41 Å². The van der Waals surface area contributed by atoms with Gasteiger partial charge in [-0.15, -0.1) is 0 Å². The minimum Gasteiger partial charge on any atom is -0.481 e. The number of rotatable bonds is 3. The third-order valence-corrected chi connectivity index (χ3v) is 2.49. The van der Waals surface area contributed by atoms with Crippen molar-refractivity contribution >= 4 is 5.97 Å². The molecule has 82 valence electrons. The van der Waals surface area contributed by atoms with Crippen molar-refractivity contribution in [3.63, 3.8) is 0 Å². The van der Waals surface area contributed by atoms with Crippen molar-refractivity contribution in [2.75, 3.05) is 6.61 Å². The molecule has 1 aliphatic rings. The van der Waals surface area contributed by atoms with Gasteiger partial charge in [0.15, 0.2) is 0 Å². The zero-order chi connectivity index (χ0) is 11.0. The molecule has 1 fully saturated rings. The molecule has 1 saturated carbocycles. The van der Waals surface area contributed by atoms with E-state index in [4.69, 9.17) is 14.9 Å². The third kappa shape index (κ3) is 2.45. The Bertz CT molecular complexity index is 223. The van der Waals surface area contributed by atoms with Crippen LogP contribution in [0, 0.1) is 5.41 Å². The Hall–Kier alpha value is -0.610. The van der Waals surface area contributed by atoms with E-state index < -0.39 is 17.5 Å². The molecule has 0 aromatic heterocycles. The minimum atomic E-state index is -0.868. The van der Waals surface area contributed by atoms with E-state index in [1.807, 2.05) is 20.8 Å².